The van der Waals surface area contributed by atoms with Gasteiger partial charge in [-0.15, -0.1) is 0 Å². The summed E-state index contributed by atoms with van der Waals surface area (Å²) < 4.78 is 44.3. The second kappa shape index (κ2) is 18.9. The molecule has 0 amide bonds. The zero-order valence-electron chi connectivity index (χ0n) is 42.7. The molecule has 16 rings (SSSR count). The Morgan fingerprint density at radius 2 is 0.500 bits per heavy atom. The lowest BCUT2D eigenvalue weighted by Crippen LogP contribution is -1.97. The first-order valence-electron chi connectivity index (χ1n) is 26.7. The SMILES string of the molecule is c1ccc(-c2cc3ccccc3c(-c3c(Op4oc5ccc6ccccc6c5c5c(ccc6ccccc65)o4)c(-c4ccccc4)cc4ccccc34)c2Op2oc3ccc4ccccc4c3c3c(ccc4ccccc43)o2)cc1. The van der Waals surface area contributed by atoms with Crippen LogP contribution in [0.5, 0.6) is 11.5 Å². The highest BCUT2D eigenvalue weighted by Gasteiger charge is 2.29. The Balaban J connectivity index is 1.04. The average Bonchev–Trinajstić information content (AvgIpc) is 3.96. The molecule has 80 heavy (non-hydrogen) atoms. The molecule has 0 radical (unpaired) electrons. The van der Waals surface area contributed by atoms with Crippen molar-refractivity contribution in [1.29, 1.82) is 0 Å². The molecule has 0 aliphatic heterocycles. The molecule has 0 N–H and O–H groups in total. The van der Waals surface area contributed by atoms with E-state index < -0.39 is 16.5 Å². The fourth-order valence-corrected chi connectivity index (χ4v) is 14.1. The van der Waals surface area contributed by atoms with Crippen LogP contribution in [-0.2, 0) is 0 Å². The van der Waals surface area contributed by atoms with Gasteiger partial charge in [0.1, 0.15) is 22.3 Å². The van der Waals surface area contributed by atoms with Gasteiger partial charge < -0.3 is 25.8 Å². The first-order valence-corrected chi connectivity index (χ1v) is 28.8. The molecule has 8 heteroatoms. The van der Waals surface area contributed by atoms with E-state index in [9.17, 15) is 0 Å². The summed E-state index contributed by atoms with van der Waals surface area (Å²) in [6.07, 6.45) is 0. The molecule has 6 nitrogen and oxygen atoms in total. The Hall–Kier alpha value is -9.96. The smallest absolute Gasteiger partial charge is 0.390 e. The molecule has 0 aliphatic rings. The summed E-state index contributed by atoms with van der Waals surface area (Å²) in [4.78, 5) is 0. The lowest BCUT2D eigenvalue weighted by Gasteiger charge is -2.22. The molecule has 0 aliphatic carbocycles. The zero-order valence-corrected chi connectivity index (χ0v) is 44.5. The van der Waals surface area contributed by atoms with E-state index in [1.807, 2.05) is 12.1 Å². The van der Waals surface area contributed by atoms with E-state index in [1.54, 1.807) is 0 Å². The molecule has 0 unspecified atom stereocenters. The van der Waals surface area contributed by atoms with Crippen molar-refractivity contribution in [2.24, 2.45) is 0 Å². The molecule has 0 spiro atoms. The summed E-state index contributed by atoms with van der Waals surface area (Å²) in [6, 6.07) is 92.7. The molecule has 0 saturated heterocycles. The summed E-state index contributed by atoms with van der Waals surface area (Å²) in [5.74, 6) is 1.13. The topological polar surface area (TPSA) is 71.0 Å². The summed E-state index contributed by atoms with van der Waals surface area (Å²) in [5.41, 5.74) is 7.87. The van der Waals surface area contributed by atoms with E-state index in [2.05, 4.69) is 255 Å². The number of hydrogen-bond acceptors (Lipinski definition) is 6. The summed E-state index contributed by atoms with van der Waals surface area (Å²) in [5, 5.41) is 16.3. The summed E-state index contributed by atoms with van der Waals surface area (Å²) in [6.45, 7) is 0. The van der Waals surface area contributed by atoms with Crippen molar-refractivity contribution in [1.82, 2.24) is 0 Å². The minimum Gasteiger partial charge on any atom is -0.390 e. The van der Waals surface area contributed by atoms with Gasteiger partial charge in [0, 0.05) is 43.8 Å². The maximum absolute atomic E-state index is 7.69. The van der Waals surface area contributed by atoms with Crippen molar-refractivity contribution in [2.75, 3.05) is 0 Å². The molecular weight excluding hydrogens is 1020 g/mol. The van der Waals surface area contributed by atoms with Crippen LogP contribution in [0.3, 0.4) is 0 Å². The van der Waals surface area contributed by atoms with Crippen LogP contribution in [0, 0.1) is 0 Å². The minimum atomic E-state index is -2.23. The Kier molecular flexibility index (Phi) is 10.9. The van der Waals surface area contributed by atoms with E-state index >= 15 is 0 Å². The van der Waals surface area contributed by atoms with Gasteiger partial charge in [0.15, 0.2) is 11.5 Å². The molecule has 0 fully saturated rings. The standard InChI is InChI=1S/C72H44O6P2/c1-3-19-45(20-4-1)59-43-51-27-11-17-33-57(51)69(71(59)77-79-73-61-39-35-47-23-7-13-29-53(47)65(61)66-54-30-14-8-24-48(54)36-40-62(66)74-79)70-58-34-18-12-28-52(58)44-60(46-21-5-2-6-22-46)72(70)78-80-75-63-41-37-49-25-9-15-31-55(49)67(63)68-56-32-16-10-26-50(56)38-42-64(68)76-80/h1-44H. The molecule has 378 valence electrons. The fourth-order valence-electron chi connectivity index (χ4n) is 11.9. The van der Waals surface area contributed by atoms with Gasteiger partial charge in [0.25, 0.3) is 0 Å². The van der Waals surface area contributed by atoms with E-state index in [4.69, 9.17) is 25.8 Å². The van der Waals surface area contributed by atoms with Gasteiger partial charge >= 0.3 is 16.5 Å². The maximum Gasteiger partial charge on any atom is 0.453 e. The molecular formula is C72H44O6P2. The zero-order chi connectivity index (χ0) is 52.7. The van der Waals surface area contributed by atoms with Crippen molar-refractivity contribution in [3.8, 4) is 44.9 Å². The van der Waals surface area contributed by atoms with Crippen LogP contribution in [0.25, 0.3) is 142 Å². The Bertz CT molecular complexity index is 4740. The molecule has 14 aromatic carbocycles. The van der Waals surface area contributed by atoms with Crippen molar-refractivity contribution in [3.63, 3.8) is 0 Å². The number of benzene rings is 14. The van der Waals surface area contributed by atoms with Crippen LogP contribution in [-0.4, -0.2) is 0 Å². The normalized spacial score (nSPS) is 11.8. The lowest BCUT2D eigenvalue weighted by molar-refractivity contribution is 0.496. The third kappa shape index (κ3) is 7.64. The second-order valence-corrected chi connectivity index (χ2v) is 22.1. The van der Waals surface area contributed by atoms with Gasteiger partial charge in [-0.1, -0.05) is 231 Å². The highest BCUT2D eigenvalue weighted by molar-refractivity contribution is 7.32. The highest BCUT2D eigenvalue weighted by atomic mass is 31.1. The van der Waals surface area contributed by atoms with E-state index in [-0.39, 0.29) is 0 Å². The van der Waals surface area contributed by atoms with Crippen LogP contribution in [0.4, 0.5) is 0 Å². The molecule has 0 bridgehead atoms. The third-order valence-corrected chi connectivity index (χ3v) is 17.6. The quantitative estimate of drug-likeness (QED) is 0.158. The first-order chi connectivity index (χ1) is 39.7. The fraction of sp³-hybridized carbons (Fsp3) is 0. The number of fused-ring (bicyclic) bond motifs is 16. The van der Waals surface area contributed by atoms with Gasteiger partial charge in [-0.3, -0.25) is 0 Å². The lowest BCUT2D eigenvalue weighted by atomic mass is 9.86. The van der Waals surface area contributed by atoms with Crippen LogP contribution >= 0.6 is 16.5 Å². The van der Waals surface area contributed by atoms with Gasteiger partial charge in [-0.05, 0) is 112 Å². The van der Waals surface area contributed by atoms with Crippen molar-refractivity contribution >= 4 is 125 Å². The summed E-state index contributed by atoms with van der Waals surface area (Å²) in [7, 11) is -4.45. The second-order valence-electron chi connectivity index (χ2n) is 20.1. The van der Waals surface area contributed by atoms with Crippen LogP contribution in [0.2, 0.25) is 0 Å². The molecule has 0 atom stereocenters. The highest BCUT2D eigenvalue weighted by Crippen LogP contribution is 2.57. The average molecular weight is 1070 g/mol. The summed E-state index contributed by atoms with van der Waals surface area (Å²) >= 11 is 0. The minimum absolute atomic E-state index is 0.567. The molecule has 16 aromatic rings. The Labute approximate surface area is 460 Å². The van der Waals surface area contributed by atoms with Crippen molar-refractivity contribution < 1.29 is 25.8 Å². The number of hydrogen-bond donors (Lipinski definition) is 0. The van der Waals surface area contributed by atoms with Crippen molar-refractivity contribution in [2.45, 2.75) is 0 Å². The predicted molar refractivity (Wildman–Crippen MR) is 332 cm³/mol. The van der Waals surface area contributed by atoms with Gasteiger partial charge in [0.2, 0.25) is 0 Å². The first kappa shape index (κ1) is 46.2. The van der Waals surface area contributed by atoms with Crippen LogP contribution < -0.4 is 9.05 Å². The molecule has 0 saturated carbocycles. The largest absolute Gasteiger partial charge is 0.453 e. The van der Waals surface area contributed by atoms with E-state index in [1.165, 1.54) is 0 Å². The Morgan fingerprint density at radius 1 is 0.237 bits per heavy atom. The van der Waals surface area contributed by atoms with Crippen molar-refractivity contribution in [3.05, 3.63) is 267 Å². The molecule has 2 aromatic heterocycles. The van der Waals surface area contributed by atoms with Crippen LogP contribution in [0.1, 0.15) is 0 Å². The third-order valence-electron chi connectivity index (χ3n) is 15.5. The van der Waals surface area contributed by atoms with Gasteiger partial charge in [-0.25, -0.2) is 0 Å². The van der Waals surface area contributed by atoms with Gasteiger partial charge in [0.05, 0.1) is 0 Å². The van der Waals surface area contributed by atoms with Crippen LogP contribution in [0.15, 0.2) is 284 Å². The predicted octanol–water partition coefficient (Wildman–Crippen LogP) is 22.5. The monoisotopic (exact) mass is 1070 g/mol. The number of rotatable bonds is 7. The molecule has 2 heterocycles. The Morgan fingerprint density at radius 3 is 0.812 bits per heavy atom. The van der Waals surface area contributed by atoms with E-state index in [0.29, 0.717) is 33.8 Å². The maximum atomic E-state index is 7.69. The van der Waals surface area contributed by atoms with E-state index in [0.717, 1.165) is 120 Å². The van der Waals surface area contributed by atoms with Gasteiger partial charge in [-0.2, -0.15) is 0 Å².